The first-order chi connectivity index (χ1) is 17.1. The summed E-state index contributed by atoms with van der Waals surface area (Å²) in [6, 6.07) is -0.782. The maximum absolute atomic E-state index is 13.3. The van der Waals surface area contributed by atoms with Crippen molar-refractivity contribution in [2.75, 3.05) is 0 Å². The summed E-state index contributed by atoms with van der Waals surface area (Å²) in [5.41, 5.74) is 12.9. The number of carbonyl (C=O) groups is 2. The van der Waals surface area contributed by atoms with Gasteiger partial charge in [0.1, 0.15) is 11.9 Å². The van der Waals surface area contributed by atoms with E-state index in [1.807, 2.05) is 52.2 Å². The highest BCUT2D eigenvalue weighted by molar-refractivity contribution is 7.09. The molecule has 1 saturated carbocycles. The largest absolute Gasteiger partial charge is 0.458 e. The van der Waals surface area contributed by atoms with E-state index in [9.17, 15) is 9.59 Å². The summed E-state index contributed by atoms with van der Waals surface area (Å²) in [7, 11) is 0. The third-order valence-corrected chi connectivity index (χ3v) is 9.31. The Balaban J connectivity index is 0.00000176. The smallest absolute Gasteiger partial charge is 0.307 e. The van der Waals surface area contributed by atoms with E-state index in [0.717, 1.165) is 36.4 Å². The summed E-state index contributed by atoms with van der Waals surface area (Å²) >= 11 is 1.58. The van der Waals surface area contributed by atoms with Crippen LogP contribution in [0.25, 0.3) is 6.08 Å². The van der Waals surface area contributed by atoms with Crippen molar-refractivity contribution in [3.05, 3.63) is 22.2 Å². The van der Waals surface area contributed by atoms with Crippen LogP contribution in [0.4, 0.5) is 0 Å². The zero-order chi connectivity index (χ0) is 26.7. The molecule has 8 heteroatoms. The topological polar surface area (TPSA) is 121 Å². The predicted molar refractivity (Wildman–Crippen MR) is 144 cm³/mol. The molecule has 0 amide bonds. The van der Waals surface area contributed by atoms with Crippen molar-refractivity contribution in [1.29, 1.82) is 0 Å². The second-order valence-electron chi connectivity index (χ2n) is 10.8. The van der Waals surface area contributed by atoms with Crippen LogP contribution in [0.1, 0.15) is 90.3 Å². The third kappa shape index (κ3) is 6.09. The van der Waals surface area contributed by atoms with Crippen LogP contribution in [0.15, 0.2) is 11.5 Å². The van der Waals surface area contributed by atoms with Crippen molar-refractivity contribution in [2.24, 2.45) is 28.7 Å². The quantitative estimate of drug-likeness (QED) is 0.434. The number of esters is 1. The van der Waals surface area contributed by atoms with Crippen molar-refractivity contribution in [1.82, 2.24) is 4.98 Å². The van der Waals surface area contributed by atoms with Crippen LogP contribution in [-0.4, -0.2) is 46.6 Å². The van der Waals surface area contributed by atoms with E-state index in [1.54, 1.807) is 11.3 Å². The van der Waals surface area contributed by atoms with Gasteiger partial charge in [-0.15, -0.1) is 11.3 Å². The number of nitrogens with two attached hydrogens (primary N) is 2. The second-order valence-corrected chi connectivity index (χ2v) is 11.8. The number of thiazole rings is 1. The number of nitrogens with zero attached hydrogens (tertiary/aromatic N) is 1. The average Bonchev–Trinajstić information content (AvgIpc) is 3.37. The van der Waals surface area contributed by atoms with Crippen molar-refractivity contribution in [2.45, 2.75) is 116 Å². The van der Waals surface area contributed by atoms with Crippen LogP contribution in [0.2, 0.25) is 0 Å². The number of Topliss-reactive ketones (excluding diaryl/α,β-unsaturated/α-hetero) is 1. The minimum Gasteiger partial charge on any atom is -0.458 e. The number of fused-ring (bicyclic) bond motifs is 3. The van der Waals surface area contributed by atoms with E-state index in [2.05, 4.69) is 11.9 Å². The number of rotatable bonds is 3. The van der Waals surface area contributed by atoms with Gasteiger partial charge in [-0.3, -0.25) is 9.59 Å². The number of cyclic esters (lactones) is 1. The Morgan fingerprint density at radius 1 is 1.28 bits per heavy atom. The number of aromatic nitrogens is 1. The van der Waals surface area contributed by atoms with Crippen LogP contribution < -0.4 is 11.5 Å². The van der Waals surface area contributed by atoms with Gasteiger partial charge < -0.3 is 20.9 Å². The van der Waals surface area contributed by atoms with Crippen LogP contribution in [0, 0.1) is 24.2 Å². The standard InChI is InChI=1S/C26H39N3O4S.C2H6/c1-5-26-10-6-7-17-13-25(4,24(31)15(2)23(17)28)20(27)12-22(30)32-19(11-21(26)33-26)9-8-18-14-34-16(3)29-18;1-2/h8-9,14-15,17,19-21,23H,5-7,10-13,27-28H2,1-4H3;1-2H3/b9-8+;/t15-,17-,19?,20+,21?,23?,25?,26?;/m1./s1. The highest BCUT2D eigenvalue weighted by atomic mass is 32.1. The molecular weight excluding hydrogens is 474 g/mol. The van der Waals surface area contributed by atoms with Crippen LogP contribution >= 0.6 is 11.3 Å². The number of hydrogen-bond donors (Lipinski definition) is 2. The van der Waals surface area contributed by atoms with E-state index in [4.69, 9.17) is 20.9 Å². The Morgan fingerprint density at radius 2 is 2.00 bits per heavy atom. The molecule has 36 heavy (non-hydrogen) atoms. The van der Waals surface area contributed by atoms with Crippen molar-refractivity contribution in [3.63, 3.8) is 0 Å². The molecule has 2 saturated heterocycles. The molecular formula is C28H45N3O4S. The third-order valence-electron chi connectivity index (χ3n) is 8.52. The van der Waals surface area contributed by atoms with Crippen LogP contribution in [0.5, 0.6) is 0 Å². The molecule has 7 nitrogen and oxygen atoms in total. The Hall–Kier alpha value is -1.61. The average molecular weight is 520 g/mol. The Morgan fingerprint density at radius 3 is 2.64 bits per heavy atom. The number of ketones is 1. The molecule has 3 aliphatic rings. The lowest BCUT2D eigenvalue weighted by Gasteiger charge is -2.46. The molecule has 5 unspecified atom stereocenters. The summed E-state index contributed by atoms with van der Waals surface area (Å²) in [5.74, 6) is -0.397. The van der Waals surface area contributed by atoms with Crippen LogP contribution in [0.3, 0.4) is 0 Å². The molecule has 8 atom stereocenters. The zero-order valence-corrected chi connectivity index (χ0v) is 23.6. The van der Waals surface area contributed by atoms with Gasteiger partial charge in [-0.1, -0.05) is 41.0 Å². The maximum atomic E-state index is 13.3. The van der Waals surface area contributed by atoms with Gasteiger partial charge in [-0.05, 0) is 50.7 Å². The number of carbonyl (C=O) groups excluding carboxylic acids is 2. The lowest BCUT2D eigenvalue weighted by atomic mass is 9.59. The molecule has 4 N–H and O–H groups in total. The van der Waals surface area contributed by atoms with Gasteiger partial charge in [-0.25, -0.2) is 4.98 Å². The number of epoxide rings is 1. The fourth-order valence-corrected chi connectivity index (χ4v) is 6.64. The summed E-state index contributed by atoms with van der Waals surface area (Å²) < 4.78 is 12.1. The molecule has 1 aliphatic carbocycles. The van der Waals surface area contributed by atoms with Gasteiger partial charge in [0.2, 0.25) is 0 Å². The van der Waals surface area contributed by atoms with Gasteiger partial charge >= 0.3 is 5.97 Å². The minimum absolute atomic E-state index is 0.00150. The molecule has 1 aromatic heterocycles. The Kier molecular flexibility index (Phi) is 9.52. The highest BCUT2D eigenvalue weighted by Crippen LogP contribution is 2.49. The molecule has 202 valence electrons. The molecule has 0 spiro atoms. The number of aryl methyl sites for hydroxylation is 1. The lowest BCUT2D eigenvalue weighted by Crippen LogP contribution is -2.58. The highest BCUT2D eigenvalue weighted by Gasteiger charge is 2.56. The molecule has 2 aliphatic heterocycles. The Labute approximate surface area is 220 Å². The molecule has 1 aromatic rings. The van der Waals surface area contributed by atoms with E-state index in [1.165, 1.54) is 0 Å². The number of hydrogen-bond acceptors (Lipinski definition) is 8. The zero-order valence-electron chi connectivity index (χ0n) is 22.8. The summed E-state index contributed by atoms with van der Waals surface area (Å²) in [4.78, 5) is 30.7. The first kappa shape index (κ1) is 29.0. The molecule has 3 fully saturated rings. The normalized spacial score (nSPS) is 39.4. The summed E-state index contributed by atoms with van der Waals surface area (Å²) in [6.45, 7) is 11.9. The van der Waals surface area contributed by atoms with Gasteiger partial charge in [0.05, 0.1) is 28.8 Å². The molecule has 0 radical (unpaired) electrons. The SMILES string of the molecule is CC.CCC12CCC[C@@H]3CC(C)(C(=O)[C@H](C)C3N)[C@@H](N)CC(=O)OC(/C=C/c3csc(C)n3)CC1O2. The van der Waals surface area contributed by atoms with Gasteiger partial charge in [0.25, 0.3) is 0 Å². The summed E-state index contributed by atoms with van der Waals surface area (Å²) in [6.07, 6.45) is 8.44. The molecule has 0 aromatic carbocycles. The van der Waals surface area contributed by atoms with Crippen LogP contribution in [-0.2, 0) is 19.1 Å². The van der Waals surface area contributed by atoms with Crippen molar-refractivity contribution in [3.8, 4) is 0 Å². The minimum atomic E-state index is -0.784. The van der Waals surface area contributed by atoms with Gasteiger partial charge in [-0.2, -0.15) is 0 Å². The van der Waals surface area contributed by atoms with Crippen molar-refractivity contribution < 1.29 is 19.1 Å². The van der Waals surface area contributed by atoms with E-state index < -0.39 is 17.6 Å². The predicted octanol–water partition coefficient (Wildman–Crippen LogP) is 4.80. The Bertz CT molecular complexity index is 949. The first-order valence-electron chi connectivity index (χ1n) is 13.6. The number of ether oxygens (including phenoxy) is 2. The molecule has 4 rings (SSSR count). The van der Waals surface area contributed by atoms with E-state index in [0.29, 0.717) is 12.8 Å². The first-order valence-corrected chi connectivity index (χ1v) is 14.5. The van der Waals surface area contributed by atoms with E-state index >= 15 is 0 Å². The molecule has 2 bridgehead atoms. The fraction of sp³-hybridized carbons (Fsp3) is 0.750. The molecule has 3 heterocycles. The second kappa shape index (κ2) is 11.8. The fourth-order valence-electron chi connectivity index (χ4n) is 6.06. The van der Waals surface area contributed by atoms with Gasteiger partial charge in [0, 0.05) is 35.2 Å². The summed E-state index contributed by atoms with van der Waals surface area (Å²) in [5, 5.41) is 2.97. The maximum Gasteiger partial charge on any atom is 0.307 e. The van der Waals surface area contributed by atoms with Crippen molar-refractivity contribution >= 4 is 29.2 Å². The van der Waals surface area contributed by atoms with Gasteiger partial charge in [0.15, 0.2) is 0 Å². The monoisotopic (exact) mass is 519 g/mol. The van der Waals surface area contributed by atoms with E-state index in [-0.39, 0.29) is 47.8 Å². The lowest BCUT2D eigenvalue weighted by molar-refractivity contribution is -0.150.